The zero-order valence-electron chi connectivity index (χ0n) is 7.57. The van der Waals surface area contributed by atoms with E-state index in [1.54, 1.807) is 12.1 Å². The maximum Gasteiger partial charge on any atom is 0.214 e. The lowest BCUT2D eigenvalue weighted by Gasteiger charge is -2.10. The molecule has 3 nitrogen and oxygen atoms in total. The molecule has 0 aliphatic carbocycles. The van der Waals surface area contributed by atoms with Gasteiger partial charge < -0.3 is 5.32 Å². The minimum atomic E-state index is -0.716. The molecule has 0 spiro atoms. The van der Waals surface area contributed by atoms with Crippen LogP contribution >= 0.6 is 0 Å². The predicted molar refractivity (Wildman–Crippen MR) is 54.1 cm³/mol. The molecule has 2 heterocycles. The van der Waals surface area contributed by atoms with E-state index in [0.717, 1.165) is 12.2 Å². The van der Waals surface area contributed by atoms with Crippen molar-refractivity contribution in [3.63, 3.8) is 0 Å². The van der Waals surface area contributed by atoms with E-state index >= 15 is 0 Å². The fourth-order valence-corrected chi connectivity index (χ4v) is 2.89. The summed E-state index contributed by atoms with van der Waals surface area (Å²) >= 11 is 0. The van der Waals surface area contributed by atoms with E-state index in [4.69, 9.17) is 0 Å². The number of anilines is 1. The summed E-state index contributed by atoms with van der Waals surface area (Å²) in [7, 11) is -0.716. The SMILES string of the molecule is O=S1CCC(Nc2cccc(F)n2)C1. The minimum absolute atomic E-state index is 0.171. The van der Waals surface area contributed by atoms with Gasteiger partial charge >= 0.3 is 0 Å². The number of hydrogen-bond donors (Lipinski definition) is 1. The van der Waals surface area contributed by atoms with Crippen molar-refractivity contribution in [2.24, 2.45) is 0 Å². The van der Waals surface area contributed by atoms with Crippen LogP contribution < -0.4 is 5.32 Å². The lowest BCUT2D eigenvalue weighted by Crippen LogP contribution is -2.20. The third-order valence-corrected chi connectivity index (χ3v) is 3.61. The van der Waals surface area contributed by atoms with E-state index in [1.165, 1.54) is 6.07 Å². The Hall–Kier alpha value is -0.970. The number of pyridine rings is 1. The molecule has 76 valence electrons. The molecular formula is C9H11FN2OS. The van der Waals surface area contributed by atoms with E-state index in [-0.39, 0.29) is 6.04 Å². The Morgan fingerprint density at radius 3 is 3.07 bits per heavy atom. The molecule has 2 atom stereocenters. The molecule has 2 rings (SSSR count). The van der Waals surface area contributed by atoms with Crippen LogP contribution in [-0.4, -0.2) is 26.7 Å². The Bertz CT molecular complexity index is 358. The van der Waals surface area contributed by atoms with Crippen molar-refractivity contribution in [3.05, 3.63) is 24.1 Å². The van der Waals surface area contributed by atoms with Crippen LogP contribution in [0.2, 0.25) is 0 Å². The van der Waals surface area contributed by atoms with Gasteiger partial charge in [-0.3, -0.25) is 4.21 Å². The topological polar surface area (TPSA) is 42.0 Å². The first-order valence-corrected chi connectivity index (χ1v) is 5.97. The summed E-state index contributed by atoms with van der Waals surface area (Å²) in [5.41, 5.74) is 0. The number of nitrogens with one attached hydrogen (secondary N) is 1. The van der Waals surface area contributed by atoms with Gasteiger partial charge in [0.25, 0.3) is 0 Å². The van der Waals surface area contributed by atoms with Gasteiger partial charge in [-0.2, -0.15) is 4.39 Å². The second-order valence-corrected chi connectivity index (χ2v) is 4.91. The fraction of sp³-hybridized carbons (Fsp3) is 0.444. The van der Waals surface area contributed by atoms with Gasteiger partial charge in [0.05, 0.1) is 0 Å². The number of nitrogens with zero attached hydrogens (tertiary/aromatic N) is 1. The monoisotopic (exact) mass is 214 g/mol. The lowest BCUT2D eigenvalue weighted by atomic mass is 10.2. The van der Waals surface area contributed by atoms with Gasteiger partial charge in [0.2, 0.25) is 5.95 Å². The van der Waals surface area contributed by atoms with Gasteiger partial charge in [-0.15, -0.1) is 0 Å². The lowest BCUT2D eigenvalue weighted by molar-refractivity contribution is 0.584. The third-order valence-electron chi connectivity index (χ3n) is 2.15. The number of aromatic nitrogens is 1. The third kappa shape index (κ3) is 2.29. The molecule has 0 bridgehead atoms. The van der Waals surface area contributed by atoms with Crippen LogP contribution in [0.5, 0.6) is 0 Å². The Labute approximate surface area is 84.2 Å². The summed E-state index contributed by atoms with van der Waals surface area (Å²) in [5, 5.41) is 3.07. The van der Waals surface area contributed by atoms with Crippen molar-refractivity contribution in [2.45, 2.75) is 12.5 Å². The first-order chi connectivity index (χ1) is 6.74. The van der Waals surface area contributed by atoms with Crippen molar-refractivity contribution in [3.8, 4) is 0 Å². The van der Waals surface area contributed by atoms with Crippen molar-refractivity contribution >= 4 is 16.6 Å². The van der Waals surface area contributed by atoms with Crippen molar-refractivity contribution in [2.75, 3.05) is 16.8 Å². The maximum atomic E-state index is 12.7. The molecule has 0 radical (unpaired) electrons. The zero-order valence-corrected chi connectivity index (χ0v) is 8.39. The zero-order chi connectivity index (χ0) is 9.97. The van der Waals surface area contributed by atoms with Crippen LogP contribution in [0.4, 0.5) is 10.2 Å². The molecule has 1 fully saturated rings. The van der Waals surface area contributed by atoms with Gasteiger partial charge in [0.15, 0.2) is 0 Å². The molecule has 1 aromatic rings. The average Bonchev–Trinajstić information content (AvgIpc) is 2.51. The Balaban J connectivity index is 2.00. The highest BCUT2D eigenvalue weighted by atomic mass is 32.2. The van der Waals surface area contributed by atoms with Crippen molar-refractivity contribution < 1.29 is 8.60 Å². The van der Waals surface area contributed by atoms with Gasteiger partial charge in [-0.25, -0.2) is 4.98 Å². The highest BCUT2D eigenvalue weighted by Crippen LogP contribution is 2.13. The molecule has 0 amide bonds. The van der Waals surface area contributed by atoms with Crippen molar-refractivity contribution in [1.82, 2.24) is 4.98 Å². The largest absolute Gasteiger partial charge is 0.366 e. The van der Waals surface area contributed by atoms with Crippen LogP contribution in [0.3, 0.4) is 0 Å². The summed E-state index contributed by atoms with van der Waals surface area (Å²) in [6, 6.07) is 4.80. The number of hydrogen-bond acceptors (Lipinski definition) is 3. The Morgan fingerprint density at radius 2 is 2.43 bits per heavy atom. The van der Waals surface area contributed by atoms with Crippen LogP contribution in [-0.2, 0) is 10.8 Å². The van der Waals surface area contributed by atoms with Crippen LogP contribution in [0, 0.1) is 5.95 Å². The minimum Gasteiger partial charge on any atom is -0.366 e. The molecule has 0 aromatic carbocycles. The highest BCUT2D eigenvalue weighted by molar-refractivity contribution is 7.85. The van der Waals surface area contributed by atoms with E-state index < -0.39 is 16.7 Å². The molecule has 5 heteroatoms. The van der Waals surface area contributed by atoms with E-state index in [0.29, 0.717) is 11.6 Å². The molecule has 0 saturated carbocycles. The molecule has 2 unspecified atom stereocenters. The second kappa shape index (κ2) is 4.04. The molecule has 1 saturated heterocycles. The van der Waals surface area contributed by atoms with Gasteiger partial charge in [-0.1, -0.05) is 6.07 Å². The summed E-state index contributed by atoms with van der Waals surface area (Å²) in [6.07, 6.45) is 0.866. The van der Waals surface area contributed by atoms with Gasteiger partial charge in [0.1, 0.15) is 5.82 Å². The second-order valence-electron chi connectivity index (χ2n) is 3.29. The van der Waals surface area contributed by atoms with E-state index in [1.807, 2.05) is 0 Å². The molecule has 1 aromatic heterocycles. The molecule has 14 heavy (non-hydrogen) atoms. The molecule has 1 aliphatic heterocycles. The summed E-state index contributed by atoms with van der Waals surface area (Å²) in [5.74, 6) is 1.40. The number of rotatable bonds is 2. The Kier molecular flexibility index (Phi) is 2.77. The average molecular weight is 214 g/mol. The van der Waals surface area contributed by atoms with E-state index in [2.05, 4.69) is 10.3 Å². The van der Waals surface area contributed by atoms with Crippen LogP contribution in [0.15, 0.2) is 18.2 Å². The summed E-state index contributed by atoms with van der Waals surface area (Å²) < 4.78 is 23.8. The Morgan fingerprint density at radius 1 is 1.57 bits per heavy atom. The molecule has 1 N–H and O–H groups in total. The van der Waals surface area contributed by atoms with Crippen LogP contribution in [0.1, 0.15) is 6.42 Å². The van der Waals surface area contributed by atoms with Crippen molar-refractivity contribution in [1.29, 1.82) is 0 Å². The maximum absolute atomic E-state index is 12.7. The standard InChI is InChI=1S/C9H11FN2OS/c10-8-2-1-3-9(12-8)11-7-4-5-14(13)6-7/h1-3,7H,4-6H2,(H,11,12). The summed E-state index contributed by atoms with van der Waals surface area (Å²) in [6.45, 7) is 0. The smallest absolute Gasteiger partial charge is 0.214 e. The first kappa shape index (κ1) is 9.58. The van der Waals surface area contributed by atoms with Gasteiger partial charge in [-0.05, 0) is 18.6 Å². The first-order valence-electron chi connectivity index (χ1n) is 4.48. The fourth-order valence-electron chi connectivity index (χ4n) is 1.48. The number of halogens is 1. The quantitative estimate of drug-likeness (QED) is 0.751. The molecular weight excluding hydrogens is 203 g/mol. The highest BCUT2D eigenvalue weighted by Gasteiger charge is 2.20. The normalized spacial score (nSPS) is 26.4. The van der Waals surface area contributed by atoms with E-state index in [9.17, 15) is 8.60 Å². The van der Waals surface area contributed by atoms with Crippen LogP contribution in [0.25, 0.3) is 0 Å². The predicted octanol–water partition coefficient (Wildman–Crippen LogP) is 1.15. The molecule has 1 aliphatic rings. The van der Waals surface area contributed by atoms with Gasteiger partial charge in [0, 0.05) is 28.3 Å². The summed E-state index contributed by atoms with van der Waals surface area (Å²) in [4.78, 5) is 3.68.